The lowest BCUT2D eigenvalue weighted by Crippen LogP contribution is -2.40. The average molecular weight is 271 g/mol. The van der Waals surface area contributed by atoms with Gasteiger partial charge in [0.05, 0.1) is 6.61 Å². The minimum absolute atomic E-state index is 0.0638. The van der Waals surface area contributed by atoms with Crippen molar-refractivity contribution in [3.8, 4) is 0 Å². The van der Waals surface area contributed by atoms with Crippen molar-refractivity contribution in [2.75, 3.05) is 13.2 Å². The van der Waals surface area contributed by atoms with Crippen LogP contribution in [-0.4, -0.2) is 19.3 Å². The lowest BCUT2D eigenvalue weighted by atomic mass is 10.0. The van der Waals surface area contributed by atoms with Crippen LogP contribution in [0.15, 0.2) is 18.2 Å². The fraction of sp³-hybridized carbons (Fsp3) is 0.600. The van der Waals surface area contributed by atoms with Gasteiger partial charge < -0.3 is 10.1 Å². The Balaban J connectivity index is 2.78. The Morgan fingerprint density at radius 1 is 1.16 bits per heavy atom. The molecule has 0 aliphatic rings. The van der Waals surface area contributed by atoms with Crippen molar-refractivity contribution in [1.29, 1.82) is 0 Å². The van der Waals surface area contributed by atoms with Crippen LogP contribution in [-0.2, 0) is 4.74 Å². The standard InChI is InChI=1S/C15H23F2NO/c1-5-19-9-14(10(2)3)18-11(4)15-12(16)7-6-8-13(15)17/h6-8,10-11,14,18H,5,9H2,1-4H3. The predicted octanol–water partition coefficient (Wildman–Crippen LogP) is 3.68. The molecule has 4 heteroatoms. The maximum absolute atomic E-state index is 13.7. The summed E-state index contributed by atoms with van der Waals surface area (Å²) in [6.45, 7) is 8.98. The molecule has 0 heterocycles. The molecule has 0 amide bonds. The van der Waals surface area contributed by atoms with E-state index in [4.69, 9.17) is 4.74 Å². The van der Waals surface area contributed by atoms with Crippen molar-refractivity contribution in [1.82, 2.24) is 5.32 Å². The first-order valence-corrected chi connectivity index (χ1v) is 6.75. The number of ether oxygens (including phenoxy) is 1. The number of halogens is 2. The summed E-state index contributed by atoms with van der Waals surface area (Å²) in [5, 5.41) is 3.24. The second-order valence-corrected chi connectivity index (χ2v) is 5.03. The first-order valence-electron chi connectivity index (χ1n) is 6.75. The Labute approximate surface area is 114 Å². The van der Waals surface area contributed by atoms with Crippen LogP contribution < -0.4 is 5.32 Å². The van der Waals surface area contributed by atoms with Gasteiger partial charge in [-0.25, -0.2) is 8.78 Å². The second kappa shape index (κ2) is 7.56. The van der Waals surface area contributed by atoms with Crippen molar-refractivity contribution in [2.45, 2.75) is 39.8 Å². The van der Waals surface area contributed by atoms with Crippen LogP contribution in [0.5, 0.6) is 0 Å². The van der Waals surface area contributed by atoms with Crippen LogP contribution >= 0.6 is 0 Å². The van der Waals surface area contributed by atoms with E-state index in [2.05, 4.69) is 19.2 Å². The first-order chi connectivity index (χ1) is 8.97. The van der Waals surface area contributed by atoms with Gasteiger partial charge in [-0.1, -0.05) is 19.9 Å². The highest BCUT2D eigenvalue weighted by Crippen LogP contribution is 2.21. The van der Waals surface area contributed by atoms with Crippen LogP contribution in [0, 0.1) is 17.6 Å². The van der Waals surface area contributed by atoms with Crippen molar-refractivity contribution in [3.63, 3.8) is 0 Å². The molecule has 0 radical (unpaired) electrons. The Morgan fingerprint density at radius 3 is 2.21 bits per heavy atom. The molecule has 0 fully saturated rings. The SMILES string of the molecule is CCOCC(NC(C)c1c(F)cccc1F)C(C)C. The third-order valence-electron chi connectivity index (χ3n) is 3.20. The Hall–Kier alpha value is -1.00. The van der Waals surface area contributed by atoms with Crippen LogP contribution in [0.4, 0.5) is 8.78 Å². The molecule has 2 atom stereocenters. The molecule has 1 N–H and O–H groups in total. The quantitative estimate of drug-likeness (QED) is 0.817. The normalized spacial score (nSPS) is 14.7. The summed E-state index contributed by atoms with van der Waals surface area (Å²) < 4.78 is 32.8. The van der Waals surface area contributed by atoms with Crippen molar-refractivity contribution >= 4 is 0 Å². The maximum atomic E-state index is 13.7. The Kier molecular flexibility index (Phi) is 6.38. The zero-order valence-corrected chi connectivity index (χ0v) is 12.0. The number of nitrogens with one attached hydrogen (secondary N) is 1. The van der Waals surface area contributed by atoms with Gasteiger partial charge in [0.1, 0.15) is 11.6 Å². The lowest BCUT2D eigenvalue weighted by molar-refractivity contribution is 0.104. The zero-order chi connectivity index (χ0) is 14.4. The largest absolute Gasteiger partial charge is 0.380 e. The summed E-state index contributed by atoms with van der Waals surface area (Å²) >= 11 is 0. The second-order valence-electron chi connectivity index (χ2n) is 5.03. The van der Waals surface area contributed by atoms with Gasteiger partial charge in [-0.15, -0.1) is 0 Å². The molecule has 1 aromatic rings. The molecule has 108 valence electrons. The molecule has 1 rings (SSSR count). The highest BCUT2D eigenvalue weighted by molar-refractivity contribution is 5.22. The van der Waals surface area contributed by atoms with Crippen molar-refractivity contribution in [3.05, 3.63) is 35.4 Å². The smallest absolute Gasteiger partial charge is 0.130 e. The van der Waals surface area contributed by atoms with Gasteiger partial charge in [0.15, 0.2) is 0 Å². The minimum Gasteiger partial charge on any atom is -0.380 e. The van der Waals surface area contributed by atoms with E-state index in [1.807, 2.05) is 6.92 Å². The monoisotopic (exact) mass is 271 g/mol. The van der Waals surface area contributed by atoms with E-state index in [9.17, 15) is 8.78 Å². The number of rotatable bonds is 7. The van der Waals surface area contributed by atoms with Gasteiger partial charge >= 0.3 is 0 Å². The maximum Gasteiger partial charge on any atom is 0.130 e. The fourth-order valence-corrected chi connectivity index (χ4v) is 2.01. The van der Waals surface area contributed by atoms with E-state index >= 15 is 0 Å². The van der Waals surface area contributed by atoms with Crippen LogP contribution in [0.1, 0.15) is 39.3 Å². The first kappa shape index (κ1) is 16.1. The van der Waals surface area contributed by atoms with Gasteiger partial charge in [-0.05, 0) is 31.9 Å². The summed E-state index contributed by atoms with van der Waals surface area (Å²) in [7, 11) is 0. The van der Waals surface area contributed by atoms with Gasteiger partial charge in [-0.2, -0.15) is 0 Å². The molecule has 0 aliphatic carbocycles. The Bertz CT molecular complexity index is 375. The molecule has 19 heavy (non-hydrogen) atoms. The molecule has 0 bridgehead atoms. The van der Waals surface area contributed by atoms with E-state index in [0.29, 0.717) is 19.1 Å². The Morgan fingerprint density at radius 2 is 1.74 bits per heavy atom. The van der Waals surface area contributed by atoms with Crippen LogP contribution in [0.3, 0.4) is 0 Å². The number of benzene rings is 1. The molecular weight excluding hydrogens is 248 g/mol. The third kappa shape index (κ3) is 4.55. The highest BCUT2D eigenvalue weighted by atomic mass is 19.1. The minimum atomic E-state index is -0.515. The van der Waals surface area contributed by atoms with Crippen LogP contribution in [0.2, 0.25) is 0 Å². The topological polar surface area (TPSA) is 21.3 Å². The van der Waals surface area contributed by atoms with E-state index in [1.54, 1.807) is 6.92 Å². The van der Waals surface area contributed by atoms with E-state index < -0.39 is 17.7 Å². The molecule has 0 saturated carbocycles. The van der Waals surface area contributed by atoms with Crippen molar-refractivity contribution < 1.29 is 13.5 Å². The average Bonchev–Trinajstić information content (AvgIpc) is 2.33. The van der Waals surface area contributed by atoms with Gasteiger partial charge in [0.2, 0.25) is 0 Å². The summed E-state index contributed by atoms with van der Waals surface area (Å²) in [6.07, 6.45) is 0. The summed E-state index contributed by atoms with van der Waals surface area (Å²) in [5.41, 5.74) is 0.0876. The molecule has 0 aromatic heterocycles. The molecule has 2 nitrogen and oxygen atoms in total. The van der Waals surface area contributed by atoms with Gasteiger partial charge in [0, 0.05) is 24.3 Å². The molecule has 0 aliphatic heterocycles. The molecular formula is C15H23F2NO. The summed E-state index contributed by atoms with van der Waals surface area (Å²) in [4.78, 5) is 0. The summed E-state index contributed by atoms with van der Waals surface area (Å²) in [5.74, 6) is -0.707. The van der Waals surface area contributed by atoms with Crippen molar-refractivity contribution in [2.24, 2.45) is 5.92 Å². The highest BCUT2D eigenvalue weighted by Gasteiger charge is 2.21. The number of hydrogen-bond acceptors (Lipinski definition) is 2. The predicted molar refractivity (Wildman–Crippen MR) is 73.0 cm³/mol. The van der Waals surface area contributed by atoms with Crippen LogP contribution in [0.25, 0.3) is 0 Å². The van der Waals surface area contributed by atoms with Gasteiger partial charge in [0.25, 0.3) is 0 Å². The van der Waals surface area contributed by atoms with Gasteiger partial charge in [-0.3, -0.25) is 0 Å². The van der Waals surface area contributed by atoms with E-state index in [0.717, 1.165) is 0 Å². The lowest BCUT2D eigenvalue weighted by Gasteiger charge is -2.27. The third-order valence-corrected chi connectivity index (χ3v) is 3.20. The molecule has 0 saturated heterocycles. The van der Waals surface area contributed by atoms with E-state index in [-0.39, 0.29) is 11.6 Å². The fourth-order valence-electron chi connectivity index (χ4n) is 2.01. The van der Waals surface area contributed by atoms with E-state index in [1.165, 1.54) is 18.2 Å². The molecule has 0 spiro atoms. The summed E-state index contributed by atoms with van der Waals surface area (Å²) in [6, 6.07) is 3.61. The zero-order valence-electron chi connectivity index (χ0n) is 12.0. The molecule has 2 unspecified atom stereocenters. The number of hydrogen-bond donors (Lipinski definition) is 1. The molecule has 1 aromatic carbocycles.